The first-order valence-corrected chi connectivity index (χ1v) is 5.16. The summed E-state index contributed by atoms with van der Waals surface area (Å²) in [5, 5.41) is 3.36. The third-order valence-corrected chi connectivity index (χ3v) is 1.70. The van der Waals surface area contributed by atoms with E-state index in [0.717, 1.165) is 6.61 Å². The Bertz CT molecular complexity index is 87.8. The van der Waals surface area contributed by atoms with Crippen molar-refractivity contribution < 1.29 is 4.74 Å². The summed E-state index contributed by atoms with van der Waals surface area (Å²) < 4.78 is 5.48. The van der Waals surface area contributed by atoms with Gasteiger partial charge < -0.3 is 4.74 Å². The highest BCUT2D eigenvalue weighted by atomic mass is 16.5. The van der Waals surface area contributed by atoms with E-state index in [1.807, 2.05) is 13.8 Å². The lowest BCUT2D eigenvalue weighted by Crippen LogP contribution is -2.38. The SMILES string of the molecule is CC.CC(C)NC1CCCCO1. The van der Waals surface area contributed by atoms with Gasteiger partial charge in [0.25, 0.3) is 0 Å². The number of nitrogens with one attached hydrogen (secondary N) is 1. The fourth-order valence-electron chi connectivity index (χ4n) is 1.24. The van der Waals surface area contributed by atoms with Crippen LogP contribution in [0.15, 0.2) is 0 Å². The van der Waals surface area contributed by atoms with E-state index in [0.29, 0.717) is 12.3 Å². The quantitative estimate of drug-likeness (QED) is 0.693. The smallest absolute Gasteiger partial charge is 0.108 e. The van der Waals surface area contributed by atoms with E-state index in [1.165, 1.54) is 19.3 Å². The maximum atomic E-state index is 5.48. The first-order chi connectivity index (χ1) is 5.79. The molecule has 0 aromatic rings. The second kappa shape index (κ2) is 7.56. The minimum Gasteiger partial charge on any atom is -0.363 e. The topological polar surface area (TPSA) is 21.3 Å². The Balaban J connectivity index is 0.000000561. The van der Waals surface area contributed by atoms with Crippen LogP contribution in [0.3, 0.4) is 0 Å². The zero-order chi connectivity index (χ0) is 9.40. The van der Waals surface area contributed by atoms with Crippen molar-refractivity contribution in [3.8, 4) is 0 Å². The highest BCUT2D eigenvalue weighted by Gasteiger charge is 2.13. The van der Waals surface area contributed by atoms with Gasteiger partial charge in [-0.2, -0.15) is 0 Å². The molecule has 1 aliphatic rings. The molecule has 1 heterocycles. The molecule has 1 aliphatic heterocycles. The molecule has 0 bridgehead atoms. The van der Waals surface area contributed by atoms with E-state index >= 15 is 0 Å². The van der Waals surface area contributed by atoms with Gasteiger partial charge in [-0.05, 0) is 33.1 Å². The number of hydrogen-bond donors (Lipinski definition) is 1. The van der Waals surface area contributed by atoms with Crippen LogP contribution in [0.4, 0.5) is 0 Å². The summed E-state index contributed by atoms with van der Waals surface area (Å²) in [6.07, 6.45) is 4.05. The number of hydrogen-bond acceptors (Lipinski definition) is 2. The predicted molar refractivity (Wildman–Crippen MR) is 53.2 cm³/mol. The average Bonchev–Trinajstić information content (AvgIpc) is 2.08. The van der Waals surface area contributed by atoms with Crippen LogP contribution in [-0.4, -0.2) is 18.9 Å². The predicted octanol–water partition coefficient (Wildman–Crippen LogP) is 2.54. The van der Waals surface area contributed by atoms with Crippen molar-refractivity contribution in [2.75, 3.05) is 6.61 Å². The Morgan fingerprint density at radius 2 is 1.92 bits per heavy atom. The fraction of sp³-hybridized carbons (Fsp3) is 1.00. The maximum Gasteiger partial charge on any atom is 0.108 e. The average molecular weight is 173 g/mol. The van der Waals surface area contributed by atoms with E-state index in [2.05, 4.69) is 19.2 Å². The Kier molecular flexibility index (Phi) is 7.51. The molecule has 2 nitrogen and oxygen atoms in total. The molecule has 1 unspecified atom stereocenters. The van der Waals surface area contributed by atoms with E-state index in [1.54, 1.807) is 0 Å². The van der Waals surface area contributed by atoms with E-state index in [-0.39, 0.29) is 0 Å². The molecule has 1 atom stereocenters. The van der Waals surface area contributed by atoms with Gasteiger partial charge in [-0.3, -0.25) is 5.32 Å². The molecule has 1 fully saturated rings. The summed E-state index contributed by atoms with van der Waals surface area (Å²) in [7, 11) is 0. The van der Waals surface area contributed by atoms with Crippen LogP contribution in [-0.2, 0) is 4.74 Å². The van der Waals surface area contributed by atoms with Crippen molar-refractivity contribution >= 4 is 0 Å². The molecule has 0 spiro atoms. The Morgan fingerprint density at radius 1 is 1.25 bits per heavy atom. The minimum atomic E-state index is 0.328. The minimum absolute atomic E-state index is 0.328. The van der Waals surface area contributed by atoms with E-state index in [4.69, 9.17) is 4.74 Å². The van der Waals surface area contributed by atoms with Gasteiger partial charge in [-0.25, -0.2) is 0 Å². The summed E-state index contributed by atoms with van der Waals surface area (Å²) in [4.78, 5) is 0. The van der Waals surface area contributed by atoms with E-state index in [9.17, 15) is 0 Å². The largest absolute Gasteiger partial charge is 0.363 e. The van der Waals surface area contributed by atoms with Crippen LogP contribution >= 0.6 is 0 Å². The molecular weight excluding hydrogens is 150 g/mol. The van der Waals surface area contributed by atoms with Gasteiger partial charge in [0.2, 0.25) is 0 Å². The van der Waals surface area contributed by atoms with Crippen molar-refractivity contribution in [3.63, 3.8) is 0 Å². The summed E-state index contributed by atoms with van der Waals surface area (Å²) >= 11 is 0. The van der Waals surface area contributed by atoms with E-state index < -0.39 is 0 Å². The molecule has 0 aromatic heterocycles. The van der Waals surface area contributed by atoms with Crippen LogP contribution in [0.5, 0.6) is 0 Å². The van der Waals surface area contributed by atoms with Crippen molar-refractivity contribution in [2.45, 2.75) is 59.2 Å². The molecule has 0 aliphatic carbocycles. The molecule has 0 saturated carbocycles. The second-order valence-electron chi connectivity index (χ2n) is 3.18. The van der Waals surface area contributed by atoms with Crippen molar-refractivity contribution in [1.29, 1.82) is 0 Å². The lowest BCUT2D eigenvalue weighted by Gasteiger charge is -2.25. The highest BCUT2D eigenvalue weighted by Crippen LogP contribution is 2.10. The third kappa shape index (κ3) is 5.56. The first kappa shape index (κ1) is 11.9. The lowest BCUT2D eigenvalue weighted by atomic mass is 10.2. The van der Waals surface area contributed by atoms with Gasteiger partial charge >= 0.3 is 0 Å². The van der Waals surface area contributed by atoms with Crippen LogP contribution in [0.25, 0.3) is 0 Å². The van der Waals surface area contributed by atoms with Gasteiger partial charge in [0.05, 0.1) is 0 Å². The molecule has 1 N–H and O–H groups in total. The van der Waals surface area contributed by atoms with Gasteiger partial charge in [-0.15, -0.1) is 0 Å². The Morgan fingerprint density at radius 3 is 2.33 bits per heavy atom. The van der Waals surface area contributed by atoms with Crippen LogP contribution in [0.2, 0.25) is 0 Å². The normalized spacial score (nSPS) is 23.2. The molecular formula is C10H23NO. The Hall–Kier alpha value is -0.0800. The molecule has 2 heteroatoms. The van der Waals surface area contributed by atoms with Crippen LogP contribution in [0, 0.1) is 0 Å². The molecule has 1 rings (SSSR count). The van der Waals surface area contributed by atoms with Gasteiger partial charge in [-0.1, -0.05) is 13.8 Å². The monoisotopic (exact) mass is 173 g/mol. The standard InChI is InChI=1S/C8H17NO.C2H6/c1-7(2)9-8-5-3-4-6-10-8;1-2/h7-9H,3-6H2,1-2H3;1-2H3. The molecule has 1 saturated heterocycles. The summed E-state index contributed by atoms with van der Waals surface area (Å²) in [6.45, 7) is 9.24. The lowest BCUT2D eigenvalue weighted by molar-refractivity contribution is -0.00991. The zero-order valence-electron chi connectivity index (χ0n) is 8.89. The molecule has 0 amide bonds. The van der Waals surface area contributed by atoms with Gasteiger partial charge in [0.15, 0.2) is 0 Å². The molecule has 12 heavy (non-hydrogen) atoms. The van der Waals surface area contributed by atoms with Crippen LogP contribution in [0.1, 0.15) is 47.0 Å². The third-order valence-electron chi connectivity index (χ3n) is 1.70. The van der Waals surface area contributed by atoms with Crippen LogP contribution < -0.4 is 5.32 Å². The van der Waals surface area contributed by atoms with Gasteiger partial charge in [0, 0.05) is 12.6 Å². The summed E-state index contributed by atoms with van der Waals surface area (Å²) in [5.74, 6) is 0. The first-order valence-electron chi connectivity index (χ1n) is 5.16. The molecule has 0 aromatic carbocycles. The number of ether oxygens (including phenoxy) is 1. The molecule has 74 valence electrons. The molecule has 0 radical (unpaired) electrons. The Labute approximate surface area is 76.7 Å². The zero-order valence-corrected chi connectivity index (χ0v) is 8.89. The highest BCUT2D eigenvalue weighted by molar-refractivity contribution is 4.63. The summed E-state index contributed by atoms with van der Waals surface area (Å²) in [5.41, 5.74) is 0. The summed E-state index contributed by atoms with van der Waals surface area (Å²) in [6, 6.07) is 0.545. The fourth-order valence-corrected chi connectivity index (χ4v) is 1.24. The number of rotatable bonds is 2. The van der Waals surface area contributed by atoms with Crippen molar-refractivity contribution in [3.05, 3.63) is 0 Å². The second-order valence-corrected chi connectivity index (χ2v) is 3.18. The van der Waals surface area contributed by atoms with Crippen molar-refractivity contribution in [1.82, 2.24) is 5.32 Å². The van der Waals surface area contributed by atoms with Crippen molar-refractivity contribution in [2.24, 2.45) is 0 Å². The maximum absolute atomic E-state index is 5.48. The van der Waals surface area contributed by atoms with Gasteiger partial charge in [0.1, 0.15) is 6.23 Å².